The van der Waals surface area contributed by atoms with Crippen LogP contribution in [0.15, 0.2) is 0 Å². The van der Waals surface area contributed by atoms with Gasteiger partial charge in [0.1, 0.15) is 6.04 Å². The molecule has 4 nitrogen and oxygen atoms in total. The zero-order chi connectivity index (χ0) is 9.23. The maximum atomic E-state index is 10.4. The fourth-order valence-electron chi connectivity index (χ4n) is 0.653. The summed E-state index contributed by atoms with van der Waals surface area (Å²) in [5.41, 5.74) is 4.24. The molecule has 0 aromatic heterocycles. The fraction of sp³-hybridized carbons (Fsp3) is 0.857. The summed E-state index contributed by atoms with van der Waals surface area (Å²) in [4.78, 5) is 10.4. The van der Waals surface area contributed by atoms with E-state index < -0.39 is 23.5 Å². The molecular formula is C7H15NO3. The molecule has 0 heterocycles. The molecule has 0 rings (SSSR count). The first-order valence-electron chi connectivity index (χ1n) is 3.47. The lowest BCUT2D eigenvalue weighted by molar-refractivity contribution is -0.142. The summed E-state index contributed by atoms with van der Waals surface area (Å²) in [6.07, 6.45) is 0. The number of rotatable bonds is 3. The Hall–Kier alpha value is -0.610. The highest BCUT2D eigenvalue weighted by Gasteiger charge is 2.31. The predicted molar refractivity (Wildman–Crippen MR) is 41.1 cm³/mol. The van der Waals surface area contributed by atoms with Crippen molar-refractivity contribution in [1.29, 1.82) is 0 Å². The molecule has 0 aliphatic heterocycles. The van der Waals surface area contributed by atoms with Crippen LogP contribution < -0.4 is 5.73 Å². The average molecular weight is 161 g/mol. The quantitative estimate of drug-likeness (QED) is 0.535. The van der Waals surface area contributed by atoms with Gasteiger partial charge in [0.15, 0.2) is 0 Å². The Morgan fingerprint density at radius 3 is 2.00 bits per heavy atom. The highest BCUT2D eigenvalue weighted by atomic mass is 16.4. The molecule has 4 heteroatoms. The lowest BCUT2D eigenvalue weighted by atomic mass is 9.87. The smallest absolute Gasteiger partial charge is 0.320 e. The van der Waals surface area contributed by atoms with Crippen LogP contribution in [0.5, 0.6) is 0 Å². The number of carboxylic acid groups (broad SMARTS) is 1. The number of aliphatic hydroxyl groups is 1. The summed E-state index contributed by atoms with van der Waals surface area (Å²) in [5.74, 6) is -1.54. The molecular weight excluding hydrogens is 146 g/mol. The summed E-state index contributed by atoms with van der Waals surface area (Å²) in [6.45, 7) is 4.69. The predicted octanol–water partition coefficient (Wildman–Crippen LogP) is -0.195. The van der Waals surface area contributed by atoms with Gasteiger partial charge in [-0.3, -0.25) is 4.79 Å². The Bertz CT molecular complexity index is 150. The molecule has 0 spiro atoms. The van der Waals surface area contributed by atoms with Crippen LogP contribution in [0.3, 0.4) is 0 Å². The van der Waals surface area contributed by atoms with Crippen molar-refractivity contribution < 1.29 is 15.0 Å². The summed E-state index contributed by atoms with van der Waals surface area (Å²) in [7, 11) is 0. The molecule has 0 aliphatic carbocycles. The third-order valence-electron chi connectivity index (χ3n) is 1.94. The van der Waals surface area contributed by atoms with Crippen molar-refractivity contribution in [2.45, 2.75) is 32.4 Å². The topological polar surface area (TPSA) is 83.6 Å². The van der Waals surface area contributed by atoms with Crippen LogP contribution in [-0.2, 0) is 4.79 Å². The standard InChI is InChI=1S/C7H15NO3/c1-4(7(2,3)11)5(8)6(9)10/h4-5,11H,8H2,1-3H3,(H,9,10). The minimum atomic E-state index is -1.08. The second kappa shape index (κ2) is 3.19. The molecule has 11 heavy (non-hydrogen) atoms. The third-order valence-corrected chi connectivity index (χ3v) is 1.94. The van der Waals surface area contributed by atoms with Gasteiger partial charge in [-0.05, 0) is 13.8 Å². The molecule has 0 aliphatic rings. The molecule has 4 N–H and O–H groups in total. The van der Waals surface area contributed by atoms with E-state index in [-0.39, 0.29) is 0 Å². The van der Waals surface area contributed by atoms with Crippen molar-refractivity contribution >= 4 is 5.97 Å². The molecule has 0 saturated carbocycles. The normalized spacial score (nSPS) is 17.5. The molecule has 0 fully saturated rings. The molecule has 66 valence electrons. The van der Waals surface area contributed by atoms with Crippen LogP contribution in [-0.4, -0.2) is 27.8 Å². The van der Waals surface area contributed by atoms with Gasteiger partial charge >= 0.3 is 5.97 Å². The minimum absolute atomic E-state index is 0.458. The van der Waals surface area contributed by atoms with Crippen LogP contribution in [0.25, 0.3) is 0 Å². The van der Waals surface area contributed by atoms with Gasteiger partial charge in [0.25, 0.3) is 0 Å². The van der Waals surface area contributed by atoms with Crippen molar-refractivity contribution in [3.63, 3.8) is 0 Å². The largest absolute Gasteiger partial charge is 0.480 e. The van der Waals surface area contributed by atoms with Crippen LogP contribution in [0.1, 0.15) is 20.8 Å². The molecule has 0 aromatic carbocycles. The van der Waals surface area contributed by atoms with Gasteiger partial charge in [-0.1, -0.05) is 6.92 Å². The van der Waals surface area contributed by atoms with Gasteiger partial charge in [0, 0.05) is 5.92 Å². The number of hydrogen-bond donors (Lipinski definition) is 3. The van der Waals surface area contributed by atoms with Crippen LogP contribution in [0.4, 0.5) is 0 Å². The molecule has 2 unspecified atom stereocenters. The summed E-state index contributed by atoms with van der Waals surface area (Å²) in [5, 5.41) is 17.8. The van der Waals surface area contributed by atoms with E-state index in [1.807, 2.05) is 0 Å². The van der Waals surface area contributed by atoms with Crippen molar-refractivity contribution in [2.75, 3.05) is 0 Å². The molecule has 0 saturated heterocycles. The lowest BCUT2D eigenvalue weighted by Gasteiger charge is -2.28. The van der Waals surface area contributed by atoms with Gasteiger partial charge in [-0.2, -0.15) is 0 Å². The summed E-state index contributed by atoms with van der Waals surface area (Å²) >= 11 is 0. The Labute approximate surface area is 66.0 Å². The van der Waals surface area contributed by atoms with Crippen molar-refractivity contribution in [3.8, 4) is 0 Å². The Morgan fingerprint density at radius 2 is 1.91 bits per heavy atom. The first-order chi connectivity index (χ1) is 4.76. The SMILES string of the molecule is CC(C(N)C(=O)O)C(C)(C)O. The van der Waals surface area contributed by atoms with Crippen LogP contribution in [0.2, 0.25) is 0 Å². The summed E-state index contributed by atoms with van der Waals surface area (Å²) in [6, 6.07) is -1.00. The van der Waals surface area contributed by atoms with E-state index in [0.717, 1.165) is 0 Å². The van der Waals surface area contributed by atoms with E-state index in [4.69, 9.17) is 10.8 Å². The first-order valence-corrected chi connectivity index (χ1v) is 3.47. The highest BCUT2D eigenvalue weighted by molar-refractivity contribution is 5.73. The first kappa shape index (κ1) is 10.4. The highest BCUT2D eigenvalue weighted by Crippen LogP contribution is 2.18. The number of hydrogen-bond acceptors (Lipinski definition) is 3. The number of aliphatic carboxylic acids is 1. The Morgan fingerprint density at radius 1 is 1.55 bits per heavy atom. The Kier molecular flexibility index (Phi) is 3.02. The average Bonchev–Trinajstić information content (AvgIpc) is 1.82. The van der Waals surface area contributed by atoms with Crippen molar-refractivity contribution in [1.82, 2.24) is 0 Å². The van der Waals surface area contributed by atoms with E-state index in [2.05, 4.69) is 0 Å². The van der Waals surface area contributed by atoms with E-state index in [0.29, 0.717) is 0 Å². The molecule has 2 atom stereocenters. The summed E-state index contributed by atoms with van der Waals surface area (Å²) < 4.78 is 0. The van der Waals surface area contributed by atoms with E-state index in [9.17, 15) is 9.90 Å². The number of carbonyl (C=O) groups is 1. The van der Waals surface area contributed by atoms with Gasteiger partial charge in [0.05, 0.1) is 5.60 Å². The van der Waals surface area contributed by atoms with Gasteiger partial charge < -0.3 is 15.9 Å². The fourth-order valence-corrected chi connectivity index (χ4v) is 0.653. The second-order valence-corrected chi connectivity index (χ2v) is 3.31. The minimum Gasteiger partial charge on any atom is -0.480 e. The van der Waals surface area contributed by atoms with Crippen LogP contribution >= 0.6 is 0 Å². The number of carboxylic acids is 1. The molecule has 0 bridgehead atoms. The van der Waals surface area contributed by atoms with Gasteiger partial charge in [-0.15, -0.1) is 0 Å². The van der Waals surface area contributed by atoms with Crippen LogP contribution in [0, 0.1) is 5.92 Å². The van der Waals surface area contributed by atoms with E-state index in [1.54, 1.807) is 20.8 Å². The zero-order valence-corrected chi connectivity index (χ0v) is 7.03. The number of nitrogens with two attached hydrogens (primary N) is 1. The van der Waals surface area contributed by atoms with Crippen molar-refractivity contribution in [2.24, 2.45) is 11.7 Å². The van der Waals surface area contributed by atoms with E-state index >= 15 is 0 Å². The molecule has 0 amide bonds. The van der Waals surface area contributed by atoms with E-state index in [1.165, 1.54) is 0 Å². The second-order valence-electron chi connectivity index (χ2n) is 3.31. The molecule has 0 aromatic rings. The third kappa shape index (κ3) is 2.86. The van der Waals surface area contributed by atoms with Gasteiger partial charge in [0.2, 0.25) is 0 Å². The maximum Gasteiger partial charge on any atom is 0.320 e. The van der Waals surface area contributed by atoms with Crippen molar-refractivity contribution in [3.05, 3.63) is 0 Å². The van der Waals surface area contributed by atoms with Gasteiger partial charge in [-0.25, -0.2) is 0 Å². The molecule has 0 radical (unpaired) electrons. The Balaban J connectivity index is 4.25. The maximum absolute atomic E-state index is 10.4. The zero-order valence-electron chi connectivity index (χ0n) is 7.03. The lowest BCUT2D eigenvalue weighted by Crippen LogP contribution is -2.46. The monoisotopic (exact) mass is 161 g/mol.